The van der Waals surface area contributed by atoms with Crippen molar-refractivity contribution in [3.05, 3.63) is 17.2 Å². The Morgan fingerprint density at radius 1 is 1.25 bits per heavy atom. The van der Waals surface area contributed by atoms with Crippen LogP contribution < -0.4 is 14.2 Å². The van der Waals surface area contributed by atoms with Gasteiger partial charge in [-0.25, -0.2) is 0 Å². The molecule has 1 aromatic carbocycles. The molecule has 1 N–H and O–H groups in total. The van der Waals surface area contributed by atoms with Crippen molar-refractivity contribution in [1.82, 2.24) is 0 Å². The molecule has 1 aliphatic heterocycles. The van der Waals surface area contributed by atoms with E-state index in [-0.39, 0.29) is 22.8 Å². The predicted octanol–water partition coefficient (Wildman–Crippen LogP) is 2.80. The van der Waals surface area contributed by atoms with Gasteiger partial charge in [0.1, 0.15) is 16.9 Å². The Bertz CT molecular complexity index is 599. The third-order valence-electron chi connectivity index (χ3n) is 3.15. The van der Waals surface area contributed by atoms with Crippen molar-refractivity contribution in [3.63, 3.8) is 0 Å². The fourth-order valence-corrected chi connectivity index (χ4v) is 2.23. The van der Waals surface area contributed by atoms with Gasteiger partial charge in [0.05, 0.1) is 19.8 Å². The molecule has 0 saturated carbocycles. The zero-order valence-electron chi connectivity index (χ0n) is 12.2. The summed E-state index contributed by atoms with van der Waals surface area (Å²) in [5, 5.41) is 10.3. The number of phenolic OH excluding ortho intramolecular Hbond substituents is 1. The topological polar surface area (TPSA) is 65.0 Å². The molecule has 0 fully saturated rings. The van der Waals surface area contributed by atoms with E-state index in [2.05, 4.69) is 0 Å². The van der Waals surface area contributed by atoms with Crippen LogP contribution in [0.15, 0.2) is 6.08 Å². The molecule has 20 heavy (non-hydrogen) atoms. The number of ether oxygens (including phenoxy) is 3. The molecular formula is C15H18O5. The molecule has 5 nitrogen and oxygen atoms in total. The third kappa shape index (κ3) is 2.09. The summed E-state index contributed by atoms with van der Waals surface area (Å²) >= 11 is 0. The fourth-order valence-electron chi connectivity index (χ4n) is 2.23. The van der Waals surface area contributed by atoms with Crippen LogP contribution in [0, 0.1) is 0 Å². The maximum absolute atomic E-state index is 11.8. The number of Topliss-reactive ketones (excluding diaryl/α,β-unsaturated/α-hetero) is 1. The Morgan fingerprint density at radius 3 is 2.35 bits per heavy atom. The molecule has 0 saturated heterocycles. The molecule has 108 valence electrons. The summed E-state index contributed by atoms with van der Waals surface area (Å²) in [6.45, 7) is 5.13. The van der Waals surface area contributed by atoms with E-state index in [9.17, 15) is 9.90 Å². The van der Waals surface area contributed by atoms with Crippen molar-refractivity contribution < 1.29 is 24.1 Å². The third-order valence-corrected chi connectivity index (χ3v) is 3.15. The second kappa shape index (κ2) is 4.74. The van der Waals surface area contributed by atoms with Gasteiger partial charge in [-0.3, -0.25) is 4.79 Å². The van der Waals surface area contributed by atoms with E-state index in [0.717, 1.165) is 0 Å². The second-order valence-electron chi connectivity index (χ2n) is 5.13. The van der Waals surface area contributed by atoms with Crippen molar-refractivity contribution in [2.24, 2.45) is 0 Å². The van der Waals surface area contributed by atoms with Gasteiger partial charge in [0, 0.05) is 0 Å². The second-order valence-corrected chi connectivity index (χ2v) is 5.13. The number of hydrogen-bond acceptors (Lipinski definition) is 5. The van der Waals surface area contributed by atoms with E-state index in [0.29, 0.717) is 17.1 Å². The van der Waals surface area contributed by atoms with Crippen LogP contribution in [0.25, 0.3) is 6.08 Å². The van der Waals surface area contributed by atoms with Crippen molar-refractivity contribution in [3.8, 4) is 23.0 Å². The molecule has 0 bridgehead atoms. The van der Waals surface area contributed by atoms with Gasteiger partial charge in [-0.05, 0) is 32.9 Å². The summed E-state index contributed by atoms with van der Waals surface area (Å²) in [5.74, 6) is 0.403. The molecule has 5 heteroatoms. The van der Waals surface area contributed by atoms with Crippen LogP contribution in [-0.4, -0.2) is 30.7 Å². The number of rotatable bonds is 3. The van der Waals surface area contributed by atoms with E-state index in [1.54, 1.807) is 6.08 Å². The highest BCUT2D eigenvalue weighted by Crippen LogP contribution is 2.51. The molecule has 1 aliphatic rings. The monoisotopic (exact) mass is 278 g/mol. The number of hydrogen-bond donors (Lipinski definition) is 1. The normalized spacial score (nSPS) is 15.2. The van der Waals surface area contributed by atoms with E-state index < -0.39 is 5.60 Å². The van der Waals surface area contributed by atoms with E-state index >= 15 is 0 Å². The van der Waals surface area contributed by atoms with Crippen LogP contribution in [-0.2, 0) is 0 Å². The lowest BCUT2D eigenvalue weighted by atomic mass is 9.97. The van der Waals surface area contributed by atoms with Crippen LogP contribution in [0.1, 0.15) is 36.7 Å². The first-order valence-corrected chi connectivity index (χ1v) is 6.22. The smallest absolute Gasteiger partial charge is 0.205 e. The summed E-state index contributed by atoms with van der Waals surface area (Å²) < 4.78 is 16.4. The Labute approximate surface area is 117 Å². The van der Waals surface area contributed by atoms with Crippen LogP contribution >= 0.6 is 0 Å². The first-order chi connectivity index (χ1) is 9.32. The molecule has 0 amide bonds. The van der Waals surface area contributed by atoms with Gasteiger partial charge < -0.3 is 19.3 Å². The molecule has 0 radical (unpaired) electrons. The van der Waals surface area contributed by atoms with E-state index in [1.165, 1.54) is 21.1 Å². The minimum Gasteiger partial charge on any atom is -0.506 e. The van der Waals surface area contributed by atoms with Gasteiger partial charge >= 0.3 is 0 Å². The highest BCUT2D eigenvalue weighted by Gasteiger charge is 2.33. The van der Waals surface area contributed by atoms with E-state index in [4.69, 9.17) is 14.2 Å². The molecule has 0 spiro atoms. The molecular weight excluding hydrogens is 260 g/mol. The number of methoxy groups -OCH3 is 2. The lowest BCUT2D eigenvalue weighted by molar-refractivity contribution is 0.101. The highest BCUT2D eigenvalue weighted by atomic mass is 16.5. The number of fused-ring (bicyclic) bond motifs is 1. The molecule has 1 aromatic rings. The molecule has 1 heterocycles. The average molecular weight is 278 g/mol. The summed E-state index contributed by atoms with van der Waals surface area (Å²) in [5.41, 5.74) is -0.0154. The Morgan fingerprint density at radius 2 is 1.85 bits per heavy atom. The van der Waals surface area contributed by atoms with Crippen molar-refractivity contribution >= 4 is 11.9 Å². The zero-order chi connectivity index (χ0) is 15.1. The lowest BCUT2D eigenvalue weighted by Crippen LogP contribution is -2.28. The molecule has 2 rings (SSSR count). The standard InChI is InChI=1S/C15H18O5/c1-8(16)10-11(17)9-6-7-15(2,3)20-12(9)14(19-5)13(10)18-4/h6-7,17H,1-5H3. The highest BCUT2D eigenvalue weighted by molar-refractivity contribution is 6.03. The fraction of sp³-hybridized carbons (Fsp3) is 0.400. The van der Waals surface area contributed by atoms with Gasteiger partial charge in [-0.2, -0.15) is 0 Å². The summed E-state index contributed by atoms with van der Waals surface area (Å²) in [7, 11) is 2.88. The summed E-state index contributed by atoms with van der Waals surface area (Å²) in [6, 6.07) is 0. The molecule has 0 unspecified atom stereocenters. The first-order valence-electron chi connectivity index (χ1n) is 6.22. The average Bonchev–Trinajstić information content (AvgIpc) is 2.36. The van der Waals surface area contributed by atoms with Crippen LogP contribution in [0.5, 0.6) is 23.0 Å². The molecule has 0 atom stereocenters. The summed E-state index contributed by atoms with van der Waals surface area (Å²) in [6.07, 6.45) is 3.54. The van der Waals surface area contributed by atoms with Crippen molar-refractivity contribution in [2.75, 3.05) is 14.2 Å². The SMILES string of the molecule is COc1c2c(c(O)c(C(C)=O)c1OC)C=CC(C)(C)O2. The lowest BCUT2D eigenvalue weighted by Gasteiger charge is -2.30. The number of aromatic hydroxyl groups is 1. The first kappa shape index (κ1) is 14.2. The Hall–Kier alpha value is -2.17. The number of phenols is 1. The van der Waals surface area contributed by atoms with Crippen molar-refractivity contribution in [2.45, 2.75) is 26.4 Å². The van der Waals surface area contributed by atoms with Crippen LogP contribution in [0.4, 0.5) is 0 Å². The van der Waals surface area contributed by atoms with E-state index in [1.807, 2.05) is 19.9 Å². The minimum atomic E-state index is -0.532. The van der Waals surface area contributed by atoms with Crippen LogP contribution in [0.3, 0.4) is 0 Å². The number of benzene rings is 1. The number of carbonyl (C=O) groups is 1. The van der Waals surface area contributed by atoms with Gasteiger partial charge in [0.2, 0.25) is 5.75 Å². The number of carbonyl (C=O) groups excluding carboxylic acids is 1. The Kier molecular flexibility index (Phi) is 3.38. The van der Waals surface area contributed by atoms with Gasteiger partial charge in [-0.1, -0.05) is 0 Å². The van der Waals surface area contributed by atoms with Gasteiger partial charge in [0.25, 0.3) is 0 Å². The van der Waals surface area contributed by atoms with Gasteiger partial charge in [0.15, 0.2) is 17.3 Å². The van der Waals surface area contributed by atoms with Gasteiger partial charge in [-0.15, -0.1) is 0 Å². The number of ketones is 1. The largest absolute Gasteiger partial charge is 0.506 e. The quantitative estimate of drug-likeness (QED) is 0.861. The van der Waals surface area contributed by atoms with Crippen molar-refractivity contribution in [1.29, 1.82) is 0 Å². The zero-order valence-corrected chi connectivity index (χ0v) is 12.2. The van der Waals surface area contributed by atoms with Crippen LogP contribution in [0.2, 0.25) is 0 Å². The molecule has 0 aliphatic carbocycles. The maximum Gasteiger partial charge on any atom is 0.205 e. The minimum absolute atomic E-state index is 0.0936. The molecule has 0 aromatic heterocycles. The maximum atomic E-state index is 11.8. The summed E-state index contributed by atoms with van der Waals surface area (Å²) in [4.78, 5) is 11.8. The Balaban J connectivity index is 2.84. The predicted molar refractivity (Wildman–Crippen MR) is 75.0 cm³/mol.